The van der Waals surface area contributed by atoms with Crippen molar-refractivity contribution in [3.63, 3.8) is 0 Å². The van der Waals surface area contributed by atoms with Crippen LogP contribution in [-0.4, -0.2) is 14.6 Å². The highest BCUT2D eigenvalue weighted by atomic mass is 19.1. The van der Waals surface area contributed by atoms with Crippen LogP contribution in [0.1, 0.15) is 0 Å². The molecule has 2 aromatic heterocycles. The van der Waals surface area contributed by atoms with Gasteiger partial charge >= 0.3 is 0 Å². The predicted octanol–water partition coefficient (Wildman–Crippen LogP) is 2.54. The van der Waals surface area contributed by atoms with E-state index in [2.05, 4.69) is 10.1 Å². The number of benzene rings is 1. The molecule has 3 nitrogen and oxygen atoms in total. The van der Waals surface area contributed by atoms with Gasteiger partial charge in [-0.3, -0.25) is 0 Å². The molecule has 4 heteroatoms. The molecule has 2 heterocycles. The molecule has 0 saturated carbocycles. The molecule has 0 aliphatic rings. The van der Waals surface area contributed by atoms with Crippen molar-refractivity contribution in [3.05, 3.63) is 54.6 Å². The summed E-state index contributed by atoms with van der Waals surface area (Å²) in [5.41, 5.74) is 2.59. The highest BCUT2D eigenvalue weighted by Gasteiger charge is 2.04. The van der Waals surface area contributed by atoms with Gasteiger partial charge in [-0.1, -0.05) is 6.07 Å². The maximum absolute atomic E-state index is 12.8. The van der Waals surface area contributed by atoms with E-state index in [0.29, 0.717) is 0 Å². The fourth-order valence-electron chi connectivity index (χ4n) is 1.68. The van der Waals surface area contributed by atoms with Gasteiger partial charge in [0.2, 0.25) is 0 Å². The Morgan fingerprint density at radius 2 is 1.81 bits per heavy atom. The standard InChI is InChI=1S/C12H8FN3/c13-10-6-4-9(5-7-10)11-2-1-3-12-14-8-15-16(11)12/h1-8H. The molecule has 0 radical (unpaired) electrons. The summed E-state index contributed by atoms with van der Waals surface area (Å²) in [4.78, 5) is 4.10. The zero-order chi connectivity index (χ0) is 11.0. The lowest BCUT2D eigenvalue weighted by molar-refractivity contribution is 0.628. The van der Waals surface area contributed by atoms with Crippen molar-refractivity contribution in [2.45, 2.75) is 0 Å². The van der Waals surface area contributed by atoms with Crippen LogP contribution in [0, 0.1) is 5.82 Å². The van der Waals surface area contributed by atoms with E-state index in [1.807, 2.05) is 18.2 Å². The molecule has 0 spiro atoms. The summed E-state index contributed by atoms with van der Waals surface area (Å²) in [6, 6.07) is 12.0. The average molecular weight is 213 g/mol. The fourth-order valence-corrected chi connectivity index (χ4v) is 1.68. The molecule has 0 aliphatic carbocycles. The summed E-state index contributed by atoms with van der Waals surface area (Å²) in [7, 11) is 0. The molecule has 3 rings (SSSR count). The molecule has 0 bridgehead atoms. The van der Waals surface area contributed by atoms with Crippen LogP contribution in [-0.2, 0) is 0 Å². The van der Waals surface area contributed by atoms with Crippen molar-refractivity contribution in [2.24, 2.45) is 0 Å². The first-order chi connectivity index (χ1) is 7.84. The minimum atomic E-state index is -0.241. The van der Waals surface area contributed by atoms with Gasteiger partial charge in [0.15, 0.2) is 5.65 Å². The van der Waals surface area contributed by atoms with Crippen molar-refractivity contribution in [1.82, 2.24) is 14.6 Å². The topological polar surface area (TPSA) is 30.2 Å². The number of fused-ring (bicyclic) bond motifs is 1. The minimum Gasteiger partial charge on any atom is -0.215 e. The first-order valence-corrected chi connectivity index (χ1v) is 4.89. The molecule has 1 aromatic carbocycles. The molecule has 0 aliphatic heterocycles. The first-order valence-electron chi connectivity index (χ1n) is 4.89. The lowest BCUT2D eigenvalue weighted by Gasteiger charge is -2.03. The largest absolute Gasteiger partial charge is 0.215 e. The van der Waals surface area contributed by atoms with E-state index in [1.54, 1.807) is 16.6 Å². The third-order valence-electron chi connectivity index (χ3n) is 2.44. The third kappa shape index (κ3) is 1.35. The maximum Gasteiger partial charge on any atom is 0.155 e. The van der Waals surface area contributed by atoms with Crippen LogP contribution in [0.15, 0.2) is 48.8 Å². The zero-order valence-electron chi connectivity index (χ0n) is 8.34. The highest BCUT2D eigenvalue weighted by Crippen LogP contribution is 2.19. The lowest BCUT2D eigenvalue weighted by Crippen LogP contribution is -1.93. The SMILES string of the molecule is Fc1ccc(-c2cccc3ncnn23)cc1. The van der Waals surface area contributed by atoms with Crippen LogP contribution in [0.2, 0.25) is 0 Å². The molecule has 0 N–H and O–H groups in total. The van der Waals surface area contributed by atoms with E-state index in [9.17, 15) is 4.39 Å². The zero-order valence-corrected chi connectivity index (χ0v) is 8.34. The summed E-state index contributed by atoms with van der Waals surface area (Å²) < 4.78 is 14.6. The monoisotopic (exact) mass is 213 g/mol. The van der Waals surface area contributed by atoms with Crippen molar-refractivity contribution < 1.29 is 4.39 Å². The van der Waals surface area contributed by atoms with E-state index in [1.165, 1.54) is 18.5 Å². The van der Waals surface area contributed by atoms with Gasteiger partial charge in [-0.15, -0.1) is 0 Å². The Balaban J connectivity index is 2.25. The van der Waals surface area contributed by atoms with Crippen LogP contribution in [0.5, 0.6) is 0 Å². The summed E-state index contributed by atoms with van der Waals surface area (Å²) in [6.07, 6.45) is 1.50. The summed E-state index contributed by atoms with van der Waals surface area (Å²) in [5.74, 6) is -0.241. The highest BCUT2D eigenvalue weighted by molar-refractivity contribution is 5.62. The van der Waals surface area contributed by atoms with Gasteiger partial charge < -0.3 is 0 Å². The van der Waals surface area contributed by atoms with Gasteiger partial charge in [-0.2, -0.15) is 5.10 Å². The van der Waals surface area contributed by atoms with Gasteiger partial charge in [0.05, 0.1) is 5.69 Å². The number of halogens is 1. The minimum absolute atomic E-state index is 0.241. The normalized spacial score (nSPS) is 10.8. The van der Waals surface area contributed by atoms with E-state index in [4.69, 9.17) is 0 Å². The molecule has 0 saturated heterocycles. The van der Waals surface area contributed by atoms with Crippen molar-refractivity contribution in [2.75, 3.05) is 0 Å². The summed E-state index contributed by atoms with van der Waals surface area (Å²) in [5, 5.41) is 4.13. The lowest BCUT2D eigenvalue weighted by atomic mass is 10.1. The Bertz CT molecular complexity index is 628. The van der Waals surface area contributed by atoms with E-state index < -0.39 is 0 Å². The molecule has 0 unspecified atom stereocenters. The summed E-state index contributed by atoms with van der Waals surface area (Å²) >= 11 is 0. The Kier molecular flexibility index (Phi) is 1.93. The van der Waals surface area contributed by atoms with E-state index in [-0.39, 0.29) is 5.82 Å². The molecule has 0 atom stereocenters. The van der Waals surface area contributed by atoms with E-state index >= 15 is 0 Å². The van der Waals surface area contributed by atoms with Crippen molar-refractivity contribution in [3.8, 4) is 11.3 Å². The third-order valence-corrected chi connectivity index (χ3v) is 2.44. The van der Waals surface area contributed by atoms with Gasteiger partial charge in [-0.05, 0) is 36.4 Å². The number of nitrogens with zero attached hydrogens (tertiary/aromatic N) is 3. The number of hydrogen-bond donors (Lipinski definition) is 0. The van der Waals surface area contributed by atoms with Crippen LogP contribution >= 0.6 is 0 Å². The fraction of sp³-hybridized carbons (Fsp3) is 0. The summed E-state index contributed by atoms with van der Waals surface area (Å²) in [6.45, 7) is 0. The number of aromatic nitrogens is 3. The Morgan fingerprint density at radius 3 is 2.62 bits per heavy atom. The molecule has 16 heavy (non-hydrogen) atoms. The molecular weight excluding hydrogens is 205 g/mol. The second-order valence-electron chi connectivity index (χ2n) is 3.45. The van der Waals surface area contributed by atoms with Gasteiger partial charge in [-0.25, -0.2) is 13.9 Å². The Hall–Kier alpha value is -2.23. The molecule has 0 amide bonds. The van der Waals surface area contributed by atoms with E-state index in [0.717, 1.165) is 16.9 Å². The number of pyridine rings is 1. The molecule has 0 fully saturated rings. The molecule has 3 aromatic rings. The van der Waals surface area contributed by atoms with Gasteiger partial charge in [0, 0.05) is 5.56 Å². The Labute approximate surface area is 91.2 Å². The van der Waals surface area contributed by atoms with Gasteiger partial charge in [0.25, 0.3) is 0 Å². The van der Waals surface area contributed by atoms with Crippen LogP contribution in [0.25, 0.3) is 16.9 Å². The maximum atomic E-state index is 12.8. The quantitative estimate of drug-likeness (QED) is 0.621. The Morgan fingerprint density at radius 1 is 1.00 bits per heavy atom. The molecule has 78 valence electrons. The van der Waals surface area contributed by atoms with Crippen LogP contribution < -0.4 is 0 Å². The van der Waals surface area contributed by atoms with Crippen molar-refractivity contribution >= 4 is 5.65 Å². The average Bonchev–Trinajstić information content (AvgIpc) is 2.78. The van der Waals surface area contributed by atoms with Crippen LogP contribution in [0.4, 0.5) is 4.39 Å². The smallest absolute Gasteiger partial charge is 0.155 e. The molecular formula is C12H8FN3. The van der Waals surface area contributed by atoms with Crippen LogP contribution in [0.3, 0.4) is 0 Å². The van der Waals surface area contributed by atoms with Crippen molar-refractivity contribution in [1.29, 1.82) is 0 Å². The second kappa shape index (κ2) is 3.41. The predicted molar refractivity (Wildman–Crippen MR) is 58.4 cm³/mol. The number of hydrogen-bond acceptors (Lipinski definition) is 2. The second-order valence-corrected chi connectivity index (χ2v) is 3.45. The number of rotatable bonds is 1. The first kappa shape index (κ1) is 9.03. The van der Waals surface area contributed by atoms with Gasteiger partial charge in [0.1, 0.15) is 12.1 Å².